The molecule has 7 rings (SSSR count). The predicted molar refractivity (Wildman–Crippen MR) is 197 cm³/mol. The normalized spacial score (nSPS) is 17.9. The first-order chi connectivity index (χ1) is 22.9. The fourth-order valence-corrected chi connectivity index (χ4v) is 8.41. The molecule has 0 amide bonds. The van der Waals surface area contributed by atoms with Gasteiger partial charge in [0, 0.05) is 27.7 Å². The predicted octanol–water partition coefficient (Wildman–Crippen LogP) is 11.4. The fourth-order valence-electron chi connectivity index (χ4n) is 8.41. The summed E-state index contributed by atoms with van der Waals surface area (Å²) in [6.45, 7) is 19.6. The number of phenols is 2. The number of benzene rings is 4. The van der Waals surface area contributed by atoms with Crippen LogP contribution >= 0.6 is 0 Å². The number of aromatic nitrogens is 2. The molecular formula is C43H48N2O4. The van der Waals surface area contributed by atoms with E-state index in [2.05, 4.69) is 98.7 Å². The van der Waals surface area contributed by atoms with E-state index in [-0.39, 0.29) is 33.2 Å². The van der Waals surface area contributed by atoms with Crippen molar-refractivity contribution in [2.24, 2.45) is 11.3 Å². The number of fused-ring (bicyclic) bond motifs is 2. The summed E-state index contributed by atoms with van der Waals surface area (Å²) in [5, 5.41) is 21.1. The maximum atomic E-state index is 10.5. The largest absolute Gasteiger partial charge is 0.508 e. The Morgan fingerprint density at radius 3 is 1.49 bits per heavy atom. The minimum atomic E-state index is -0.266. The lowest BCUT2D eigenvalue weighted by atomic mass is 9.55. The molecule has 1 fully saturated rings. The number of oxazole rings is 2. The van der Waals surface area contributed by atoms with Crippen LogP contribution in [0.15, 0.2) is 81.6 Å². The Balaban J connectivity index is 1.33. The van der Waals surface area contributed by atoms with Crippen molar-refractivity contribution in [3.05, 3.63) is 95.1 Å². The Bertz CT molecular complexity index is 2060. The summed E-state index contributed by atoms with van der Waals surface area (Å²) < 4.78 is 12.6. The molecule has 2 aromatic heterocycles. The topological polar surface area (TPSA) is 92.5 Å². The average molecular weight is 657 g/mol. The minimum Gasteiger partial charge on any atom is -0.508 e. The van der Waals surface area contributed by atoms with Gasteiger partial charge in [0.2, 0.25) is 11.8 Å². The molecule has 4 aromatic carbocycles. The zero-order chi connectivity index (χ0) is 35.1. The Morgan fingerprint density at radius 2 is 1.08 bits per heavy atom. The first-order valence-corrected chi connectivity index (χ1v) is 17.4. The van der Waals surface area contributed by atoms with Crippen LogP contribution in [0, 0.1) is 11.3 Å². The van der Waals surface area contributed by atoms with Crippen LogP contribution in [-0.4, -0.2) is 20.2 Å². The lowest BCUT2D eigenvalue weighted by Crippen LogP contribution is -2.41. The van der Waals surface area contributed by atoms with E-state index in [4.69, 9.17) is 18.8 Å². The number of hydrogen-bond donors (Lipinski definition) is 2. The van der Waals surface area contributed by atoms with Crippen LogP contribution in [0.3, 0.4) is 0 Å². The Morgan fingerprint density at radius 1 is 0.633 bits per heavy atom. The molecule has 1 aliphatic carbocycles. The number of aromatic hydroxyl groups is 2. The second-order valence-corrected chi connectivity index (χ2v) is 17.3. The van der Waals surface area contributed by atoms with Crippen LogP contribution in [0.5, 0.6) is 11.5 Å². The average Bonchev–Trinajstić information content (AvgIpc) is 3.63. The van der Waals surface area contributed by atoms with E-state index in [9.17, 15) is 10.2 Å². The standard InChI is InChI=1S/C43H48N2O4/c1-25-22-42(8,9)24-43(23-25,28-12-16-36-32(20-28)44-38(48-36)26-10-14-34(46)30(18-26)40(2,3)4)29-13-17-37-33(21-29)45-39(49-37)27-11-15-35(47)31(19-27)41(5,6)7/h10-21,25,46-47H,22-24H2,1-9H3. The first-order valence-electron chi connectivity index (χ1n) is 17.4. The van der Waals surface area contributed by atoms with Crippen molar-refractivity contribution < 1.29 is 19.0 Å². The van der Waals surface area contributed by atoms with Crippen molar-refractivity contribution in [3.8, 4) is 34.4 Å². The van der Waals surface area contributed by atoms with Crippen molar-refractivity contribution in [3.63, 3.8) is 0 Å². The van der Waals surface area contributed by atoms with Gasteiger partial charge in [-0.1, -0.05) is 74.4 Å². The summed E-state index contributed by atoms with van der Waals surface area (Å²) in [5.74, 6) is 2.16. The number of phenolic OH excluding ortho intramolecular Hbond substituents is 2. The highest BCUT2D eigenvalue weighted by molar-refractivity contribution is 5.80. The van der Waals surface area contributed by atoms with Crippen molar-refractivity contribution in [1.82, 2.24) is 9.97 Å². The number of hydrogen-bond acceptors (Lipinski definition) is 6. The molecule has 0 saturated heterocycles. The third-order valence-electron chi connectivity index (χ3n) is 10.4. The summed E-state index contributed by atoms with van der Waals surface area (Å²) in [5.41, 5.74) is 8.38. The van der Waals surface area contributed by atoms with Gasteiger partial charge in [0.25, 0.3) is 0 Å². The van der Waals surface area contributed by atoms with Gasteiger partial charge in [0.15, 0.2) is 11.2 Å². The van der Waals surface area contributed by atoms with E-state index < -0.39 is 0 Å². The molecule has 1 atom stereocenters. The maximum Gasteiger partial charge on any atom is 0.227 e. The lowest BCUT2D eigenvalue weighted by molar-refractivity contribution is 0.127. The van der Waals surface area contributed by atoms with Crippen LogP contribution in [-0.2, 0) is 16.2 Å². The molecule has 1 saturated carbocycles. The third-order valence-corrected chi connectivity index (χ3v) is 10.4. The van der Waals surface area contributed by atoms with Crippen LogP contribution < -0.4 is 0 Å². The van der Waals surface area contributed by atoms with Gasteiger partial charge in [-0.2, -0.15) is 0 Å². The van der Waals surface area contributed by atoms with Crippen molar-refractivity contribution in [2.45, 2.75) is 97.8 Å². The van der Waals surface area contributed by atoms with Gasteiger partial charge in [0.05, 0.1) is 0 Å². The third kappa shape index (κ3) is 6.00. The molecule has 0 bridgehead atoms. The summed E-state index contributed by atoms with van der Waals surface area (Å²) in [7, 11) is 0. The summed E-state index contributed by atoms with van der Waals surface area (Å²) in [6, 6.07) is 24.1. The van der Waals surface area contributed by atoms with E-state index in [0.717, 1.165) is 63.7 Å². The second kappa shape index (κ2) is 11.2. The zero-order valence-electron chi connectivity index (χ0n) is 30.2. The molecular weight excluding hydrogens is 608 g/mol. The summed E-state index contributed by atoms with van der Waals surface area (Å²) in [4.78, 5) is 9.99. The van der Waals surface area contributed by atoms with Crippen LogP contribution in [0.4, 0.5) is 0 Å². The highest BCUT2D eigenvalue weighted by Gasteiger charge is 2.45. The SMILES string of the molecule is CC1CC(C)(C)CC(c2ccc3oc(-c4ccc(O)c(C(C)(C)C)c4)nc3c2)(c2ccc3oc(-c4ccc(O)c(C(C)(C)C)c4)nc3c2)C1. The molecule has 1 aliphatic rings. The molecule has 2 N–H and O–H groups in total. The molecule has 1 unspecified atom stereocenters. The minimum absolute atomic E-state index is 0.121. The van der Waals surface area contributed by atoms with E-state index in [1.54, 1.807) is 12.1 Å². The van der Waals surface area contributed by atoms with Gasteiger partial charge in [-0.15, -0.1) is 0 Å². The smallest absolute Gasteiger partial charge is 0.227 e. The first kappa shape index (κ1) is 32.9. The van der Waals surface area contributed by atoms with E-state index in [1.807, 2.05) is 24.3 Å². The zero-order valence-corrected chi connectivity index (χ0v) is 30.2. The Hall–Kier alpha value is -4.58. The van der Waals surface area contributed by atoms with Gasteiger partial charge in [-0.3, -0.25) is 0 Å². The van der Waals surface area contributed by atoms with Crippen LogP contribution in [0.25, 0.3) is 45.1 Å². The highest BCUT2D eigenvalue weighted by Crippen LogP contribution is 2.54. The van der Waals surface area contributed by atoms with Crippen LogP contribution in [0.2, 0.25) is 0 Å². The van der Waals surface area contributed by atoms with E-state index >= 15 is 0 Å². The summed E-state index contributed by atoms with van der Waals surface area (Å²) in [6.07, 6.45) is 3.15. The monoisotopic (exact) mass is 656 g/mol. The molecule has 254 valence electrons. The van der Waals surface area contributed by atoms with Gasteiger partial charge >= 0.3 is 0 Å². The Labute approximate surface area is 289 Å². The Kier molecular flexibility index (Phi) is 7.55. The molecule has 2 heterocycles. The highest BCUT2D eigenvalue weighted by atomic mass is 16.4. The lowest BCUT2D eigenvalue weighted by Gasteiger charge is -2.48. The molecule has 6 nitrogen and oxygen atoms in total. The van der Waals surface area contributed by atoms with Gasteiger partial charge in [0.1, 0.15) is 22.5 Å². The van der Waals surface area contributed by atoms with Crippen molar-refractivity contribution >= 4 is 22.2 Å². The molecule has 49 heavy (non-hydrogen) atoms. The fraction of sp³-hybridized carbons (Fsp3) is 0.395. The van der Waals surface area contributed by atoms with E-state index in [0.29, 0.717) is 17.7 Å². The maximum absolute atomic E-state index is 10.5. The van der Waals surface area contributed by atoms with Gasteiger partial charge in [-0.25, -0.2) is 9.97 Å². The van der Waals surface area contributed by atoms with E-state index in [1.165, 1.54) is 11.1 Å². The van der Waals surface area contributed by atoms with Gasteiger partial charge in [-0.05, 0) is 113 Å². The molecule has 6 heteroatoms. The quantitative estimate of drug-likeness (QED) is 0.196. The molecule has 6 aromatic rings. The van der Waals surface area contributed by atoms with Crippen LogP contribution in [0.1, 0.15) is 104 Å². The van der Waals surface area contributed by atoms with Gasteiger partial charge < -0.3 is 19.0 Å². The number of nitrogens with zero attached hydrogens (tertiary/aromatic N) is 2. The molecule has 0 aliphatic heterocycles. The molecule has 0 radical (unpaired) electrons. The number of rotatable bonds is 4. The van der Waals surface area contributed by atoms with Crippen molar-refractivity contribution in [1.29, 1.82) is 0 Å². The second-order valence-electron chi connectivity index (χ2n) is 17.3. The van der Waals surface area contributed by atoms with Crippen molar-refractivity contribution in [2.75, 3.05) is 0 Å². The molecule has 0 spiro atoms. The summed E-state index contributed by atoms with van der Waals surface area (Å²) >= 11 is 0.